The fourth-order valence-corrected chi connectivity index (χ4v) is 3.87. The molecule has 28 heavy (non-hydrogen) atoms. The Bertz CT molecular complexity index is 1180. The normalized spacial score (nSPS) is 11.4. The number of nitrogens with zero attached hydrogens (tertiary/aromatic N) is 2. The Morgan fingerprint density at radius 3 is 2.50 bits per heavy atom. The lowest BCUT2D eigenvalue weighted by Gasteiger charge is -2.09. The number of carbonyl (C=O) groups is 1. The molecule has 2 aromatic carbocycles. The highest BCUT2D eigenvalue weighted by atomic mass is 32.2. The summed E-state index contributed by atoms with van der Waals surface area (Å²) in [4.78, 5) is 29.0. The van der Waals surface area contributed by atoms with E-state index in [9.17, 15) is 18.0 Å². The van der Waals surface area contributed by atoms with Crippen molar-refractivity contribution in [3.63, 3.8) is 0 Å². The van der Waals surface area contributed by atoms with Crippen LogP contribution in [0.3, 0.4) is 0 Å². The number of aromatic nitrogens is 2. The summed E-state index contributed by atoms with van der Waals surface area (Å²) >= 11 is 0. The standard InChI is InChI=1S/C19H19N3O5S/c1-22-16-6-4-3-5-15(16)21-17(19(22)24)18(23)20-11-12-28(25,26)14-9-7-13(27-2)8-10-14/h3-10H,11-12H2,1-2H3,(H,20,23). The van der Waals surface area contributed by atoms with Crippen molar-refractivity contribution in [2.75, 3.05) is 19.4 Å². The summed E-state index contributed by atoms with van der Waals surface area (Å²) in [6, 6.07) is 12.9. The second kappa shape index (κ2) is 7.81. The third-order valence-corrected chi connectivity index (χ3v) is 6.00. The van der Waals surface area contributed by atoms with Crippen molar-refractivity contribution in [3.05, 3.63) is 64.6 Å². The van der Waals surface area contributed by atoms with Gasteiger partial charge in [-0.25, -0.2) is 13.4 Å². The molecule has 0 saturated heterocycles. The van der Waals surface area contributed by atoms with E-state index in [1.807, 2.05) is 0 Å². The minimum Gasteiger partial charge on any atom is -0.497 e. The van der Waals surface area contributed by atoms with Crippen LogP contribution in [0.5, 0.6) is 5.75 Å². The highest BCUT2D eigenvalue weighted by Gasteiger charge is 2.18. The minimum atomic E-state index is -3.59. The lowest BCUT2D eigenvalue weighted by Crippen LogP contribution is -2.36. The van der Waals surface area contributed by atoms with E-state index >= 15 is 0 Å². The average molecular weight is 401 g/mol. The fraction of sp³-hybridized carbons (Fsp3) is 0.211. The SMILES string of the molecule is COc1ccc(S(=O)(=O)CCNC(=O)c2nc3ccccc3n(C)c2=O)cc1. The van der Waals surface area contributed by atoms with Gasteiger partial charge in [0.2, 0.25) is 0 Å². The summed E-state index contributed by atoms with van der Waals surface area (Å²) in [6.07, 6.45) is 0. The van der Waals surface area contributed by atoms with Crippen molar-refractivity contribution in [3.8, 4) is 5.75 Å². The van der Waals surface area contributed by atoms with Gasteiger partial charge in [-0.15, -0.1) is 0 Å². The van der Waals surface area contributed by atoms with Gasteiger partial charge in [-0.1, -0.05) is 12.1 Å². The zero-order chi connectivity index (χ0) is 20.3. The molecule has 0 spiro atoms. The van der Waals surface area contributed by atoms with Crippen LogP contribution in [0.1, 0.15) is 10.5 Å². The molecular weight excluding hydrogens is 382 g/mol. The van der Waals surface area contributed by atoms with E-state index in [2.05, 4.69) is 10.3 Å². The average Bonchev–Trinajstić information content (AvgIpc) is 2.70. The van der Waals surface area contributed by atoms with Crippen LogP contribution in [0.25, 0.3) is 11.0 Å². The van der Waals surface area contributed by atoms with Crippen molar-refractivity contribution < 1.29 is 17.9 Å². The quantitative estimate of drug-likeness (QED) is 0.664. The highest BCUT2D eigenvalue weighted by molar-refractivity contribution is 7.91. The topological polar surface area (TPSA) is 107 Å². The Labute approximate surface area is 161 Å². The van der Waals surface area contributed by atoms with Gasteiger partial charge in [-0.2, -0.15) is 0 Å². The monoisotopic (exact) mass is 401 g/mol. The van der Waals surface area contributed by atoms with Gasteiger partial charge in [0, 0.05) is 13.6 Å². The number of sulfone groups is 1. The molecule has 0 aliphatic rings. The minimum absolute atomic E-state index is 0.127. The third-order valence-electron chi connectivity index (χ3n) is 4.27. The molecule has 1 aromatic heterocycles. The first-order chi connectivity index (χ1) is 13.3. The number of carbonyl (C=O) groups excluding carboxylic acids is 1. The summed E-state index contributed by atoms with van der Waals surface area (Å²) < 4.78 is 31.1. The molecule has 0 atom stereocenters. The lowest BCUT2D eigenvalue weighted by atomic mass is 10.2. The van der Waals surface area contributed by atoms with Crippen LogP contribution >= 0.6 is 0 Å². The number of benzene rings is 2. The van der Waals surface area contributed by atoms with E-state index in [0.29, 0.717) is 16.8 Å². The number of nitrogens with one attached hydrogen (secondary N) is 1. The number of aryl methyl sites for hydroxylation is 1. The number of hydrogen-bond acceptors (Lipinski definition) is 6. The molecule has 0 aliphatic carbocycles. The summed E-state index contributed by atoms with van der Waals surface area (Å²) in [7, 11) is -0.547. The number of rotatable bonds is 6. The van der Waals surface area contributed by atoms with Crippen molar-refractivity contribution in [1.29, 1.82) is 0 Å². The maximum Gasteiger partial charge on any atom is 0.282 e. The molecule has 9 heteroatoms. The smallest absolute Gasteiger partial charge is 0.282 e. The molecule has 0 saturated carbocycles. The summed E-state index contributed by atoms with van der Waals surface area (Å²) in [6.45, 7) is -0.148. The Morgan fingerprint density at radius 1 is 1.14 bits per heavy atom. The second-order valence-corrected chi connectivity index (χ2v) is 8.17. The Hall–Kier alpha value is -3.20. The fourth-order valence-electron chi connectivity index (χ4n) is 2.71. The molecule has 8 nitrogen and oxygen atoms in total. The van der Waals surface area contributed by atoms with Gasteiger partial charge in [0.1, 0.15) is 5.75 Å². The van der Waals surface area contributed by atoms with Gasteiger partial charge in [-0.3, -0.25) is 9.59 Å². The van der Waals surface area contributed by atoms with Gasteiger partial charge >= 0.3 is 0 Å². The van der Waals surface area contributed by atoms with E-state index < -0.39 is 21.3 Å². The number of amides is 1. The van der Waals surface area contributed by atoms with E-state index in [-0.39, 0.29) is 22.9 Å². The molecule has 0 fully saturated rings. The molecule has 1 N–H and O–H groups in total. The van der Waals surface area contributed by atoms with Crippen LogP contribution < -0.4 is 15.6 Å². The summed E-state index contributed by atoms with van der Waals surface area (Å²) in [5.41, 5.74) is 0.281. The third kappa shape index (κ3) is 3.89. The lowest BCUT2D eigenvalue weighted by molar-refractivity contribution is 0.0949. The van der Waals surface area contributed by atoms with Gasteiger partial charge in [-0.05, 0) is 36.4 Å². The molecule has 146 valence electrons. The van der Waals surface area contributed by atoms with Crippen molar-refractivity contribution in [1.82, 2.24) is 14.9 Å². The van der Waals surface area contributed by atoms with Crippen LogP contribution in [0.2, 0.25) is 0 Å². The van der Waals surface area contributed by atoms with Gasteiger partial charge in [0.25, 0.3) is 11.5 Å². The molecule has 1 amide bonds. The number of fused-ring (bicyclic) bond motifs is 1. The Balaban J connectivity index is 1.73. The van der Waals surface area contributed by atoms with E-state index in [1.54, 1.807) is 43.4 Å². The van der Waals surface area contributed by atoms with Crippen LogP contribution in [0, 0.1) is 0 Å². The first-order valence-corrected chi connectivity index (χ1v) is 10.1. The number of ether oxygens (including phenoxy) is 1. The predicted molar refractivity (Wildman–Crippen MR) is 104 cm³/mol. The van der Waals surface area contributed by atoms with Gasteiger partial charge < -0.3 is 14.6 Å². The second-order valence-electron chi connectivity index (χ2n) is 6.06. The van der Waals surface area contributed by atoms with Gasteiger partial charge in [0.05, 0.1) is 28.8 Å². The number of hydrogen-bond donors (Lipinski definition) is 1. The summed E-state index contributed by atoms with van der Waals surface area (Å²) in [5.74, 6) is -0.472. The van der Waals surface area contributed by atoms with E-state index in [4.69, 9.17) is 4.74 Å². The molecular formula is C19H19N3O5S. The maximum absolute atomic E-state index is 12.4. The van der Waals surface area contributed by atoms with Crippen LogP contribution in [-0.4, -0.2) is 43.3 Å². The van der Waals surface area contributed by atoms with Gasteiger partial charge in [0.15, 0.2) is 15.5 Å². The Morgan fingerprint density at radius 2 is 1.82 bits per heavy atom. The molecule has 1 heterocycles. The van der Waals surface area contributed by atoms with E-state index in [1.165, 1.54) is 23.8 Å². The first kappa shape index (κ1) is 19.6. The molecule has 3 rings (SSSR count). The molecule has 0 unspecified atom stereocenters. The Kier molecular flexibility index (Phi) is 5.46. The zero-order valence-electron chi connectivity index (χ0n) is 15.4. The maximum atomic E-state index is 12.4. The summed E-state index contributed by atoms with van der Waals surface area (Å²) in [5, 5.41) is 2.46. The van der Waals surface area contributed by atoms with Crippen molar-refractivity contribution in [2.24, 2.45) is 7.05 Å². The number of para-hydroxylation sites is 2. The molecule has 0 radical (unpaired) electrons. The zero-order valence-corrected chi connectivity index (χ0v) is 16.2. The van der Waals surface area contributed by atoms with Crippen LogP contribution in [0.15, 0.2) is 58.2 Å². The van der Waals surface area contributed by atoms with Crippen LogP contribution in [-0.2, 0) is 16.9 Å². The first-order valence-electron chi connectivity index (χ1n) is 8.44. The molecule has 3 aromatic rings. The van der Waals surface area contributed by atoms with Crippen molar-refractivity contribution >= 4 is 26.8 Å². The largest absolute Gasteiger partial charge is 0.497 e. The predicted octanol–water partition coefficient (Wildman–Crippen LogP) is 1.15. The molecule has 0 bridgehead atoms. The van der Waals surface area contributed by atoms with Crippen LogP contribution in [0.4, 0.5) is 0 Å². The number of methoxy groups -OCH3 is 1. The van der Waals surface area contributed by atoms with E-state index in [0.717, 1.165) is 0 Å². The van der Waals surface area contributed by atoms with Crippen molar-refractivity contribution in [2.45, 2.75) is 4.90 Å². The molecule has 0 aliphatic heterocycles. The highest BCUT2D eigenvalue weighted by Crippen LogP contribution is 2.16.